The summed E-state index contributed by atoms with van der Waals surface area (Å²) in [6, 6.07) is 6.75. The van der Waals surface area contributed by atoms with E-state index in [1.807, 2.05) is 26.8 Å². The van der Waals surface area contributed by atoms with E-state index in [-0.39, 0.29) is 12.8 Å². The van der Waals surface area contributed by atoms with Crippen LogP contribution in [0.2, 0.25) is 0 Å². The summed E-state index contributed by atoms with van der Waals surface area (Å²) in [5, 5.41) is 17.6. The molecule has 0 heterocycles. The second-order valence-electron chi connectivity index (χ2n) is 4.24. The minimum Gasteiger partial charge on any atom is -0.481 e. The van der Waals surface area contributed by atoms with Gasteiger partial charge < -0.3 is 10.2 Å². The van der Waals surface area contributed by atoms with Crippen molar-refractivity contribution < 1.29 is 24.6 Å². The van der Waals surface area contributed by atoms with Crippen LogP contribution in [-0.2, 0) is 16.0 Å². The maximum Gasteiger partial charge on any atom is 0.314 e. The molecule has 1 rings (SSSR count). The number of carbonyl (C=O) groups excluding carboxylic acids is 1. The molecule has 0 aliphatic heterocycles. The van der Waals surface area contributed by atoms with Gasteiger partial charge in [0.15, 0.2) is 5.78 Å². The summed E-state index contributed by atoms with van der Waals surface area (Å²) in [5.74, 6) is -4.23. The van der Waals surface area contributed by atoms with Crippen molar-refractivity contribution in [1.29, 1.82) is 0 Å². The molecule has 0 saturated heterocycles. The second kappa shape index (κ2) is 9.69. The average molecular weight is 294 g/mol. The number of aryl methyl sites for hydroxylation is 1. The number of rotatable bonds is 7. The molecule has 21 heavy (non-hydrogen) atoms. The Kier molecular flexibility index (Phi) is 8.69. The van der Waals surface area contributed by atoms with Gasteiger partial charge in [-0.3, -0.25) is 14.4 Å². The standard InChI is InChI=1S/C14H16O5.C2H6/c1-2-9-4-3-5-10(8-9)13(17)11(14(18)19)6-7-12(15)16;1-2/h3-5,8,11H,2,6-7H2,1H3,(H,15,16)(H,18,19);1-2H3. The Bertz CT molecular complexity index is 493. The van der Waals surface area contributed by atoms with E-state index in [9.17, 15) is 14.4 Å². The SMILES string of the molecule is CC.CCc1cccc(C(=O)C(CCC(=O)O)C(=O)O)c1. The molecule has 0 fully saturated rings. The second-order valence-corrected chi connectivity index (χ2v) is 4.24. The molecule has 0 aliphatic rings. The van der Waals surface area contributed by atoms with Crippen molar-refractivity contribution in [3.05, 3.63) is 35.4 Å². The van der Waals surface area contributed by atoms with E-state index in [1.165, 1.54) is 0 Å². The van der Waals surface area contributed by atoms with Crippen LogP contribution in [0.25, 0.3) is 0 Å². The predicted octanol–water partition coefficient (Wildman–Crippen LogP) is 3.02. The van der Waals surface area contributed by atoms with E-state index in [0.717, 1.165) is 12.0 Å². The number of aliphatic carboxylic acids is 2. The zero-order valence-corrected chi connectivity index (χ0v) is 12.6. The van der Waals surface area contributed by atoms with E-state index in [0.29, 0.717) is 5.56 Å². The number of hydrogen-bond acceptors (Lipinski definition) is 3. The lowest BCUT2D eigenvalue weighted by Gasteiger charge is -2.10. The zero-order chi connectivity index (χ0) is 16.4. The predicted molar refractivity (Wildman–Crippen MR) is 79.5 cm³/mol. The van der Waals surface area contributed by atoms with Crippen LogP contribution < -0.4 is 0 Å². The van der Waals surface area contributed by atoms with Gasteiger partial charge in [0, 0.05) is 12.0 Å². The van der Waals surface area contributed by atoms with Gasteiger partial charge in [0.25, 0.3) is 0 Å². The number of benzene rings is 1. The van der Waals surface area contributed by atoms with Crippen LogP contribution in [0.3, 0.4) is 0 Å². The topological polar surface area (TPSA) is 91.7 Å². The number of Topliss-reactive ketones (excluding diaryl/α,β-unsaturated/α-hetero) is 1. The van der Waals surface area contributed by atoms with Crippen LogP contribution in [0.1, 0.15) is 49.5 Å². The molecule has 1 aromatic carbocycles. The molecule has 0 bridgehead atoms. The Morgan fingerprint density at radius 1 is 1.14 bits per heavy atom. The molecule has 1 unspecified atom stereocenters. The Hall–Kier alpha value is -2.17. The first kappa shape index (κ1) is 18.8. The lowest BCUT2D eigenvalue weighted by Crippen LogP contribution is -2.25. The van der Waals surface area contributed by atoms with Gasteiger partial charge >= 0.3 is 11.9 Å². The van der Waals surface area contributed by atoms with Gasteiger partial charge in [0.1, 0.15) is 5.92 Å². The van der Waals surface area contributed by atoms with Gasteiger partial charge in [0.05, 0.1) is 0 Å². The Balaban J connectivity index is 0.00000191. The van der Waals surface area contributed by atoms with Gasteiger partial charge in [-0.1, -0.05) is 39.0 Å². The fourth-order valence-corrected chi connectivity index (χ4v) is 1.78. The Morgan fingerprint density at radius 2 is 1.76 bits per heavy atom. The van der Waals surface area contributed by atoms with Crippen LogP contribution in [0.5, 0.6) is 0 Å². The first-order valence-electron chi connectivity index (χ1n) is 7.03. The Labute approximate surface area is 124 Å². The lowest BCUT2D eigenvalue weighted by molar-refractivity contribution is -0.141. The van der Waals surface area contributed by atoms with Crippen molar-refractivity contribution in [3.8, 4) is 0 Å². The fourth-order valence-electron chi connectivity index (χ4n) is 1.78. The zero-order valence-electron chi connectivity index (χ0n) is 12.6. The first-order chi connectivity index (χ1) is 9.95. The molecule has 1 atom stereocenters. The normalized spacial score (nSPS) is 11.0. The summed E-state index contributed by atoms with van der Waals surface area (Å²) < 4.78 is 0. The molecule has 0 radical (unpaired) electrons. The third-order valence-electron chi connectivity index (χ3n) is 2.88. The summed E-state index contributed by atoms with van der Waals surface area (Å²) in [4.78, 5) is 33.6. The summed E-state index contributed by atoms with van der Waals surface area (Å²) in [7, 11) is 0. The number of carboxylic acid groups (broad SMARTS) is 2. The first-order valence-corrected chi connectivity index (χ1v) is 7.03. The van der Waals surface area contributed by atoms with Crippen molar-refractivity contribution in [1.82, 2.24) is 0 Å². The smallest absolute Gasteiger partial charge is 0.314 e. The molecular weight excluding hydrogens is 272 g/mol. The molecule has 5 nitrogen and oxygen atoms in total. The third-order valence-corrected chi connectivity index (χ3v) is 2.88. The van der Waals surface area contributed by atoms with Gasteiger partial charge in [0.2, 0.25) is 0 Å². The van der Waals surface area contributed by atoms with Crippen LogP contribution in [0.4, 0.5) is 0 Å². The van der Waals surface area contributed by atoms with Crippen LogP contribution in [-0.4, -0.2) is 27.9 Å². The highest BCUT2D eigenvalue weighted by atomic mass is 16.4. The molecule has 0 saturated carbocycles. The summed E-state index contributed by atoms with van der Waals surface area (Å²) in [5.41, 5.74) is 1.25. The maximum atomic E-state index is 12.1. The highest BCUT2D eigenvalue weighted by Crippen LogP contribution is 2.16. The number of carbonyl (C=O) groups is 3. The van der Waals surface area contributed by atoms with Crippen molar-refractivity contribution in [2.24, 2.45) is 5.92 Å². The van der Waals surface area contributed by atoms with E-state index in [2.05, 4.69) is 0 Å². The number of ketones is 1. The minimum absolute atomic E-state index is 0.195. The number of hydrogen-bond donors (Lipinski definition) is 2. The quantitative estimate of drug-likeness (QED) is 0.595. The van der Waals surface area contributed by atoms with Gasteiger partial charge in [-0.25, -0.2) is 0 Å². The monoisotopic (exact) mass is 294 g/mol. The van der Waals surface area contributed by atoms with E-state index in [1.54, 1.807) is 18.2 Å². The van der Waals surface area contributed by atoms with E-state index < -0.39 is 23.6 Å². The largest absolute Gasteiger partial charge is 0.481 e. The molecule has 0 aliphatic carbocycles. The van der Waals surface area contributed by atoms with E-state index >= 15 is 0 Å². The molecule has 0 aromatic heterocycles. The summed E-state index contributed by atoms with van der Waals surface area (Å²) >= 11 is 0. The van der Waals surface area contributed by atoms with Crippen LogP contribution in [0, 0.1) is 5.92 Å². The highest BCUT2D eigenvalue weighted by Gasteiger charge is 2.27. The Morgan fingerprint density at radius 3 is 2.24 bits per heavy atom. The summed E-state index contributed by atoms with van der Waals surface area (Å²) in [6.07, 6.45) is 0.212. The molecule has 116 valence electrons. The van der Waals surface area contributed by atoms with Crippen molar-refractivity contribution in [2.45, 2.75) is 40.0 Å². The van der Waals surface area contributed by atoms with E-state index in [4.69, 9.17) is 10.2 Å². The molecule has 0 amide bonds. The molecular formula is C16H22O5. The summed E-state index contributed by atoms with van der Waals surface area (Å²) in [6.45, 7) is 5.93. The molecule has 5 heteroatoms. The molecule has 2 N–H and O–H groups in total. The van der Waals surface area contributed by atoms with Gasteiger partial charge in [-0.2, -0.15) is 0 Å². The van der Waals surface area contributed by atoms with Crippen LogP contribution >= 0.6 is 0 Å². The van der Waals surface area contributed by atoms with Crippen molar-refractivity contribution >= 4 is 17.7 Å². The minimum atomic E-state index is -1.30. The van der Waals surface area contributed by atoms with Crippen molar-refractivity contribution in [3.63, 3.8) is 0 Å². The highest BCUT2D eigenvalue weighted by molar-refractivity contribution is 6.08. The molecule has 0 spiro atoms. The van der Waals surface area contributed by atoms with Crippen molar-refractivity contribution in [2.75, 3.05) is 0 Å². The molecule has 1 aromatic rings. The van der Waals surface area contributed by atoms with Gasteiger partial charge in [-0.05, 0) is 24.5 Å². The van der Waals surface area contributed by atoms with Gasteiger partial charge in [-0.15, -0.1) is 0 Å². The third kappa shape index (κ3) is 6.21. The maximum absolute atomic E-state index is 12.1. The van der Waals surface area contributed by atoms with Crippen LogP contribution in [0.15, 0.2) is 24.3 Å². The number of carboxylic acids is 2. The average Bonchev–Trinajstić information content (AvgIpc) is 2.48. The fraction of sp³-hybridized carbons (Fsp3) is 0.438. The lowest BCUT2D eigenvalue weighted by atomic mass is 9.92.